The van der Waals surface area contributed by atoms with Crippen molar-refractivity contribution in [1.82, 2.24) is 9.97 Å². The molecule has 6 heteroatoms. The lowest BCUT2D eigenvalue weighted by Gasteiger charge is -2.26. The van der Waals surface area contributed by atoms with Crippen molar-refractivity contribution in [3.8, 4) is 17.4 Å². The molecule has 0 unspecified atom stereocenters. The lowest BCUT2D eigenvalue weighted by molar-refractivity contribution is -0.885. The molecule has 0 aliphatic carbocycles. The van der Waals surface area contributed by atoms with E-state index in [2.05, 4.69) is 63.4 Å². The number of ether oxygens (including phenoxy) is 1. The van der Waals surface area contributed by atoms with Crippen molar-refractivity contribution in [2.75, 3.05) is 27.2 Å². The summed E-state index contributed by atoms with van der Waals surface area (Å²) >= 11 is 0. The van der Waals surface area contributed by atoms with E-state index < -0.39 is 0 Å². The zero-order chi connectivity index (χ0) is 18.4. The number of hydrogen-bond donors (Lipinski definition) is 3. The summed E-state index contributed by atoms with van der Waals surface area (Å²) < 4.78 is 5.24. The van der Waals surface area contributed by atoms with Crippen molar-refractivity contribution in [1.29, 1.82) is 0 Å². The van der Waals surface area contributed by atoms with Crippen LogP contribution in [0.2, 0.25) is 0 Å². The van der Waals surface area contributed by atoms with Gasteiger partial charge in [-0.3, -0.25) is 0 Å². The minimum atomic E-state index is 0.660. The van der Waals surface area contributed by atoms with Gasteiger partial charge in [0.15, 0.2) is 22.1 Å². The van der Waals surface area contributed by atoms with E-state index in [4.69, 9.17) is 4.74 Å². The van der Waals surface area contributed by atoms with Crippen LogP contribution in [-0.4, -0.2) is 37.2 Å². The van der Waals surface area contributed by atoms with E-state index in [1.807, 2.05) is 0 Å². The first-order chi connectivity index (χ1) is 13.2. The Morgan fingerprint density at radius 2 is 1.70 bits per heavy atom. The Hall–Kier alpha value is -2.86. The van der Waals surface area contributed by atoms with Gasteiger partial charge < -0.3 is 9.64 Å². The average Bonchev–Trinajstić information content (AvgIpc) is 3.30. The van der Waals surface area contributed by atoms with Gasteiger partial charge in [-0.15, -0.1) is 0 Å². The maximum absolute atomic E-state index is 5.24. The molecule has 0 atom stereocenters. The minimum Gasteiger partial charge on any atom is -0.434 e. The molecule has 6 nitrogen and oxygen atoms in total. The van der Waals surface area contributed by atoms with Gasteiger partial charge >= 0.3 is 6.01 Å². The molecule has 27 heavy (non-hydrogen) atoms. The zero-order valence-corrected chi connectivity index (χ0v) is 15.8. The Bertz CT molecular complexity index is 1100. The van der Waals surface area contributed by atoms with Crippen molar-refractivity contribution >= 4 is 22.1 Å². The molecule has 138 valence electrons. The van der Waals surface area contributed by atoms with Crippen LogP contribution >= 0.6 is 0 Å². The first-order valence-electron chi connectivity index (χ1n) is 9.65. The highest BCUT2D eigenvalue weighted by Crippen LogP contribution is 2.27. The number of fused-ring (bicyclic) bond motifs is 2. The minimum absolute atomic E-state index is 0.660. The molecule has 1 saturated heterocycles. The predicted molar refractivity (Wildman–Crippen MR) is 104 cm³/mol. The Morgan fingerprint density at radius 3 is 2.52 bits per heavy atom. The van der Waals surface area contributed by atoms with Crippen LogP contribution in [0.15, 0.2) is 36.4 Å². The van der Waals surface area contributed by atoms with Gasteiger partial charge in [0.25, 0.3) is 5.82 Å². The first kappa shape index (κ1) is 16.3. The van der Waals surface area contributed by atoms with Crippen molar-refractivity contribution in [2.45, 2.75) is 18.8 Å². The van der Waals surface area contributed by atoms with Crippen LogP contribution in [0.4, 0.5) is 0 Å². The highest BCUT2D eigenvalue weighted by Gasteiger charge is 2.23. The van der Waals surface area contributed by atoms with E-state index in [1.54, 1.807) is 12.0 Å². The van der Waals surface area contributed by atoms with Crippen LogP contribution < -0.4 is 19.6 Å². The summed E-state index contributed by atoms with van der Waals surface area (Å²) in [5.41, 5.74) is 6.92. The average molecular weight is 364 g/mol. The Labute approximate surface area is 157 Å². The monoisotopic (exact) mass is 364 g/mol. The summed E-state index contributed by atoms with van der Waals surface area (Å²) in [5, 5.41) is 0. The van der Waals surface area contributed by atoms with Gasteiger partial charge in [0, 0.05) is 18.9 Å². The molecule has 5 rings (SSSR count). The van der Waals surface area contributed by atoms with Crippen LogP contribution in [0.5, 0.6) is 6.01 Å². The Balaban J connectivity index is 1.49. The van der Waals surface area contributed by atoms with Crippen LogP contribution in [-0.2, 0) is 0 Å². The third-order valence-corrected chi connectivity index (χ3v) is 5.88. The maximum Gasteiger partial charge on any atom is 0.452 e. The van der Waals surface area contributed by atoms with Gasteiger partial charge in [-0.25, -0.2) is 19.9 Å². The molecular weight excluding hydrogens is 338 g/mol. The number of H-pyrrole nitrogens is 4. The van der Waals surface area contributed by atoms with Crippen LogP contribution in [0, 0.1) is 0 Å². The number of hydrogen-bond acceptors (Lipinski definition) is 1. The molecule has 4 aromatic rings. The second-order valence-corrected chi connectivity index (χ2v) is 7.71. The molecule has 1 aliphatic heterocycles. The summed E-state index contributed by atoms with van der Waals surface area (Å²) in [6.07, 6.45) is 2.55. The Kier molecular flexibility index (Phi) is 3.86. The first-order valence-corrected chi connectivity index (χ1v) is 9.65. The molecule has 0 saturated carbocycles. The normalized spacial score (nSPS) is 20.4. The number of rotatable bonds is 3. The molecule has 1 fully saturated rings. The van der Waals surface area contributed by atoms with E-state index in [0.717, 1.165) is 27.9 Å². The fourth-order valence-corrected chi connectivity index (χ4v) is 4.21. The molecule has 2 aromatic heterocycles. The molecule has 0 bridgehead atoms. The van der Waals surface area contributed by atoms with Gasteiger partial charge in [-0.2, -0.15) is 0 Å². The SMILES string of the molecule is COc1[nH]c2cc(-c3[nH]c4cc(C5CC[NH+](C)CC5)ccc4[nH+]3)ccc2[nH+]1. The number of aromatic amines is 4. The van der Waals surface area contributed by atoms with Crippen LogP contribution in [0.3, 0.4) is 0 Å². The van der Waals surface area contributed by atoms with Gasteiger partial charge in [0.1, 0.15) is 0 Å². The van der Waals surface area contributed by atoms with Crippen LogP contribution in [0.1, 0.15) is 24.3 Å². The number of imidazole rings is 2. The van der Waals surface area contributed by atoms with E-state index in [-0.39, 0.29) is 0 Å². The smallest absolute Gasteiger partial charge is 0.434 e. The van der Waals surface area contributed by atoms with Crippen molar-refractivity contribution in [3.05, 3.63) is 42.0 Å². The fraction of sp³-hybridized carbons (Fsp3) is 0.333. The number of piperidine rings is 1. The number of quaternary nitrogens is 1. The quantitative estimate of drug-likeness (QED) is 0.504. The van der Waals surface area contributed by atoms with Gasteiger partial charge in [-0.05, 0) is 35.7 Å². The molecule has 0 spiro atoms. The Morgan fingerprint density at radius 1 is 0.963 bits per heavy atom. The molecule has 2 aromatic carbocycles. The van der Waals surface area contributed by atoms with Crippen LogP contribution in [0.25, 0.3) is 33.5 Å². The largest absolute Gasteiger partial charge is 0.452 e. The van der Waals surface area contributed by atoms with E-state index in [9.17, 15) is 0 Å². The molecular formula is C21H26N5O+3. The number of benzene rings is 2. The van der Waals surface area contributed by atoms with E-state index in [0.29, 0.717) is 11.9 Å². The molecule has 0 radical (unpaired) electrons. The second-order valence-electron chi connectivity index (χ2n) is 7.71. The lowest BCUT2D eigenvalue weighted by atomic mass is 9.89. The number of nitrogens with one attached hydrogen (secondary N) is 5. The van der Waals surface area contributed by atoms with Gasteiger partial charge in [-0.1, -0.05) is 6.07 Å². The summed E-state index contributed by atoms with van der Waals surface area (Å²) in [6.45, 7) is 2.53. The number of aromatic nitrogens is 4. The molecule has 3 heterocycles. The molecule has 0 amide bonds. The van der Waals surface area contributed by atoms with E-state index in [1.165, 1.54) is 37.0 Å². The van der Waals surface area contributed by atoms with Crippen molar-refractivity contribution in [3.63, 3.8) is 0 Å². The maximum atomic E-state index is 5.24. The summed E-state index contributed by atoms with van der Waals surface area (Å²) in [5.74, 6) is 1.70. The van der Waals surface area contributed by atoms with Gasteiger partial charge in [0.05, 0.1) is 32.8 Å². The van der Waals surface area contributed by atoms with Gasteiger partial charge in [0.2, 0.25) is 0 Å². The highest BCUT2D eigenvalue weighted by molar-refractivity contribution is 5.80. The number of methoxy groups -OCH3 is 1. The fourth-order valence-electron chi connectivity index (χ4n) is 4.21. The topological polar surface area (TPSA) is 73.5 Å². The summed E-state index contributed by atoms with van der Waals surface area (Å²) in [6, 6.07) is 13.8. The second kappa shape index (κ2) is 6.39. The lowest BCUT2D eigenvalue weighted by Crippen LogP contribution is -3.10. The standard InChI is InChI=1S/C21H23N5O/c1-26-9-7-13(8-10-26)14-3-5-16-18(11-14)23-20(22-16)15-4-6-17-19(12-15)25-21(24-17)27-2/h3-6,11-13H,7-10H2,1-2H3,(H,22,23)(H,24,25)/p+3. The number of likely N-dealkylation sites (tertiary alicyclic amines) is 1. The molecule has 1 aliphatic rings. The summed E-state index contributed by atoms with van der Waals surface area (Å²) in [7, 11) is 3.94. The third-order valence-electron chi connectivity index (χ3n) is 5.88. The predicted octanol–water partition coefficient (Wildman–Crippen LogP) is 1.35. The van der Waals surface area contributed by atoms with Crippen molar-refractivity contribution < 1.29 is 19.6 Å². The zero-order valence-electron chi connectivity index (χ0n) is 15.8. The third kappa shape index (κ3) is 2.96. The van der Waals surface area contributed by atoms with E-state index >= 15 is 0 Å². The highest BCUT2D eigenvalue weighted by atomic mass is 16.5. The summed E-state index contributed by atoms with van der Waals surface area (Å²) in [4.78, 5) is 15.2. The molecule has 5 N–H and O–H groups in total. The van der Waals surface area contributed by atoms with Crippen molar-refractivity contribution in [2.24, 2.45) is 0 Å².